The molecule has 0 aliphatic heterocycles. The van der Waals surface area contributed by atoms with Gasteiger partial charge in [0.15, 0.2) is 0 Å². The molecule has 0 aromatic carbocycles. The van der Waals surface area contributed by atoms with Gasteiger partial charge in [0.25, 0.3) is 0 Å². The summed E-state index contributed by atoms with van der Waals surface area (Å²) >= 11 is 0. The van der Waals surface area contributed by atoms with Crippen molar-refractivity contribution in [3.05, 3.63) is 23.2 Å². The van der Waals surface area contributed by atoms with Gasteiger partial charge in [0.2, 0.25) is 0 Å². The Morgan fingerprint density at radius 1 is 1.19 bits per heavy atom. The Balaban J connectivity index is 1.75. The first-order chi connectivity index (χ1) is 9.93. The largest absolute Gasteiger partial charge is 0.466 e. The minimum Gasteiger partial charge on any atom is -0.466 e. The van der Waals surface area contributed by atoms with Crippen LogP contribution in [0.2, 0.25) is 0 Å². The van der Waals surface area contributed by atoms with E-state index < -0.39 is 0 Å². The second-order valence-corrected chi connectivity index (χ2v) is 8.72. The smallest absolute Gasteiger partial charge is 0.105 e. The van der Waals surface area contributed by atoms with Crippen molar-refractivity contribution >= 4 is 0 Å². The number of rotatable bonds is 3. The topological polar surface area (TPSA) is 25.2 Å². The molecule has 1 N–H and O–H groups in total. The SMILES string of the molecule is CNC(c1cc(C)oc1C)C12CC3CC(CC(C)(C3)C1)C2. The van der Waals surface area contributed by atoms with Gasteiger partial charge < -0.3 is 9.73 Å². The predicted molar refractivity (Wildman–Crippen MR) is 85.2 cm³/mol. The Morgan fingerprint density at radius 3 is 2.33 bits per heavy atom. The monoisotopic (exact) mass is 287 g/mol. The fourth-order valence-electron chi connectivity index (χ4n) is 6.86. The van der Waals surface area contributed by atoms with E-state index in [9.17, 15) is 0 Å². The summed E-state index contributed by atoms with van der Waals surface area (Å²) in [6.07, 6.45) is 8.71. The highest BCUT2D eigenvalue weighted by Gasteiger charge is 2.58. The molecule has 4 saturated carbocycles. The first-order valence-corrected chi connectivity index (χ1v) is 8.67. The summed E-state index contributed by atoms with van der Waals surface area (Å²) in [6, 6.07) is 2.75. The second-order valence-electron chi connectivity index (χ2n) is 8.72. The van der Waals surface area contributed by atoms with Crippen LogP contribution in [0.25, 0.3) is 0 Å². The first-order valence-electron chi connectivity index (χ1n) is 8.67. The molecule has 4 fully saturated rings. The molecule has 0 amide bonds. The molecule has 2 heteroatoms. The summed E-state index contributed by atoms with van der Waals surface area (Å²) in [5.74, 6) is 4.12. The Morgan fingerprint density at radius 2 is 1.86 bits per heavy atom. The van der Waals surface area contributed by atoms with E-state index in [1.54, 1.807) is 0 Å². The molecule has 21 heavy (non-hydrogen) atoms. The van der Waals surface area contributed by atoms with Gasteiger partial charge in [-0.3, -0.25) is 0 Å². The van der Waals surface area contributed by atoms with Gasteiger partial charge in [-0.1, -0.05) is 6.92 Å². The standard InChI is InChI=1S/C19H29NO/c1-12-5-16(13(2)21-12)17(20-4)19-9-14-6-15(10-19)8-18(3,7-14)11-19/h5,14-15,17,20H,6-11H2,1-4H3. The van der Waals surface area contributed by atoms with Crippen LogP contribution in [-0.4, -0.2) is 7.05 Å². The van der Waals surface area contributed by atoms with Crippen molar-refractivity contribution in [3.63, 3.8) is 0 Å². The van der Waals surface area contributed by atoms with Gasteiger partial charge in [-0.25, -0.2) is 0 Å². The lowest BCUT2D eigenvalue weighted by Gasteiger charge is -2.63. The summed E-state index contributed by atoms with van der Waals surface area (Å²) < 4.78 is 5.85. The summed E-state index contributed by atoms with van der Waals surface area (Å²) in [6.45, 7) is 6.76. The first kappa shape index (κ1) is 13.9. The lowest BCUT2D eigenvalue weighted by Crippen LogP contribution is -2.55. The van der Waals surface area contributed by atoms with Crippen LogP contribution < -0.4 is 5.32 Å². The zero-order chi connectivity index (χ0) is 14.8. The third-order valence-corrected chi connectivity index (χ3v) is 6.69. The van der Waals surface area contributed by atoms with Crippen LogP contribution in [0.15, 0.2) is 10.5 Å². The van der Waals surface area contributed by atoms with Crippen LogP contribution in [-0.2, 0) is 0 Å². The van der Waals surface area contributed by atoms with Crippen molar-refractivity contribution in [3.8, 4) is 0 Å². The maximum absolute atomic E-state index is 5.85. The second kappa shape index (κ2) is 4.38. The third-order valence-electron chi connectivity index (χ3n) is 6.69. The van der Waals surface area contributed by atoms with Gasteiger partial charge in [-0.15, -0.1) is 0 Å². The van der Waals surface area contributed by atoms with Crippen molar-refractivity contribution in [2.24, 2.45) is 22.7 Å². The Bertz CT molecular complexity index is 544. The molecule has 5 rings (SSSR count). The number of furan rings is 1. The van der Waals surface area contributed by atoms with Gasteiger partial charge in [0.1, 0.15) is 11.5 Å². The van der Waals surface area contributed by atoms with Gasteiger partial charge in [-0.2, -0.15) is 0 Å². The minimum absolute atomic E-state index is 0.467. The van der Waals surface area contributed by atoms with Crippen molar-refractivity contribution in [2.45, 2.75) is 65.3 Å². The Kier molecular flexibility index (Phi) is 2.89. The van der Waals surface area contributed by atoms with E-state index in [1.165, 1.54) is 44.1 Å². The minimum atomic E-state index is 0.467. The number of hydrogen-bond acceptors (Lipinski definition) is 2. The van der Waals surface area contributed by atoms with Crippen molar-refractivity contribution < 1.29 is 4.42 Å². The van der Waals surface area contributed by atoms with Crippen LogP contribution in [0.5, 0.6) is 0 Å². The number of aryl methyl sites for hydroxylation is 2. The van der Waals surface area contributed by atoms with E-state index in [1.807, 2.05) is 0 Å². The summed E-state index contributed by atoms with van der Waals surface area (Å²) in [5, 5.41) is 3.69. The molecule has 4 aliphatic rings. The summed E-state index contributed by atoms with van der Waals surface area (Å²) in [5.41, 5.74) is 2.49. The molecule has 1 aromatic rings. The highest BCUT2D eigenvalue weighted by atomic mass is 16.3. The lowest BCUT2D eigenvalue weighted by molar-refractivity contribution is -0.118. The normalized spacial score (nSPS) is 42.5. The molecule has 0 spiro atoms. The third kappa shape index (κ3) is 2.02. The number of nitrogens with one attached hydrogen (secondary N) is 1. The van der Waals surface area contributed by atoms with E-state index >= 15 is 0 Å². The van der Waals surface area contributed by atoms with E-state index in [4.69, 9.17) is 4.42 Å². The lowest BCUT2D eigenvalue weighted by atomic mass is 9.43. The molecule has 0 radical (unpaired) electrons. The quantitative estimate of drug-likeness (QED) is 0.866. The average molecular weight is 287 g/mol. The summed E-state index contributed by atoms with van der Waals surface area (Å²) in [4.78, 5) is 0. The molecule has 3 unspecified atom stereocenters. The predicted octanol–water partition coefficient (Wildman–Crippen LogP) is 4.76. The van der Waals surface area contributed by atoms with Crippen LogP contribution in [0, 0.1) is 36.5 Å². The van der Waals surface area contributed by atoms with E-state index in [0.29, 0.717) is 16.9 Å². The fourth-order valence-corrected chi connectivity index (χ4v) is 6.86. The van der Waals surface area contributed by atoms with E-state index in [2.05, 4.69) is 39.2 Å². The van der Waals surface area contributed by atoms with Crippen molar-refractivity contribution in [2.75, 3.05) is 7.05 Å². The Labute approximate surface area is 128 Å². The molecule has 0 saturated heterocycles. The van der Waals surface area contributed by atoms with Crippen molar-refractivity contribution in [1.29, 1.82) is 0 Å². The highest BCUT2D eigenvalue weighted by Crippen LogP contribution is 2.68. The number of hydrogen-bond donors (Lipinski definition) is 1. The highest BCUT2D eigenvalue weighted by molar-refractivity contribution is 5.28. The zero-order valence-electron chi connectivity index (χ0n) is 14.0. The maximum atomic E-state index is 5.85. The van der Waals surface area contributed by atoms with Gasteiger partial charge in [0.05, 0.1) is 0 Å². The van der Waals surface area contributed by atoms with E-state index in [0.717, 1.165) is 23.4 Å². The van der Waals surface area contributed by atoms with Crippen LogP contribution in [0.1, 0.15) is 68.6 Å². The summed E-state index contributed by atoms with van der Waals surface area (Å²) in [7, 11) is 2.15. The fraction of sp³-hybridized carbons (Fsp3) is 0.789. The molecule has 4 aliphatic carbocycles. The molecule has 3 atom stereocenters. The molecule has 4 bridgehead atoms. The molecule has 116 valence electrons. The van der Waals surface area contributed by atoms with Gasteiger partial charge in [-0.05, 0) is 88.2 Å². The average Bonchev–Trinajstić information content (AvgIpc) is 2.65. The molecule has 2 nitrogen and oxygen atoms in total. The van der Waals surface area contributed by atoms with Crippen molar-refractivity contribution in [1.82, 2.24) is 5.32 Å². The van der Waals surface area contributed by atoms with Crippen LogP contribution in [0.3, 0.4) is 0 Å². The zero-order valence-corrected chi connectivity index (χ0v) is 14.0. The van der Waals surface area contributed by atoms with Gasteiger partial charge >= 0.3 is 0 Å². The van der Waals surface area contributed by atoms with Crippen LogP contribution >= 0.6 is 0 Å². The van der Waals surface area contributed by atoms with E-state index in [-0.39, 0.29) is 0 Å². The molecular weight excluding hydrogens is 258 g/mol. The molecule has 1 heterocycles. The molecule has 1 aromatic heterocycles. The van der Waals surface area contributed by atoms with Crippen LogP contribution in [0.4, 0.5) is 0 Å². The molecular formula is C19H29NO. The van der Waals surface area contributed by atoms with Gasteiger partial charge in [0, 0.05) is 11.6 Å². The Hall–Kier alpha value is -0.760. The maximum Gasteiger partial charge on any atom is 0.105 e.